The van der Waals surface area contributed by atoms with Gasteiger partial charge in [0, 0.05) is 42.4 Å². The summed E-state index contributed by atoms with van der Waals surface area (Å²) in [6.07, 6.45) is 0.408. The predicted molar refractivity (Wildman–Crippen MR) is 151 cm³/mol. The highest BCUT2D eigenvalue weighted by Gasteiger charge is 2.62. The van der Waals surface area contributed by atoms with Crippen molar-refractivity contribution in [2.24, 2.45) is 11.3 Å². The molecule has 2 aliphatic heterocycles. The molecule has 1 saturated heterocycles. The number of rotatable bonds is 5. The van der Waals surface area contributed by atoms with Crippen molar-refractivity contribution in [2.75, 3.05) is 24.7 Å². The van der Waals surface area contributed by atoms with Crippen LogP contribution in [0.4, 0.5) is 19.0 Å². The van der Waals surface area contributed by atoms with Gasteiger partial charge in [0.15, 0.2) is 5.82 Å². The van der Waals surface area contributed by atoms with Crippen LogP contribution in [0.15, 0.2) is 47.6 Å². The second-order valence-corrected chi connectivity index (χ2v) is 12.7. The van der Waals surface area contributed by atoms with Crippen molar-refractivity contribution in [1.82, 2.24) is 24.5 Å². The number of carbonyl (C=O) groups excluding carboxylic acids is 1. The van der Waals surface area contributed by atoms with Crippen LogP contribution in [0.2, 0.25) is 0 Å². The van der Waals surface area contributed by atoms with E-state index in [0.717, 1.165) is 37.8 Å². The molecular weight excluding hydrogens is 569 g/mol. The molecule has 2 fully saturated rings. The van der Waals surface area contributed by atoms with Gasteiger partial charge < -0.3 is 14.4 Å². The van der Waals surface area contributed by atoms with Crippen molar-refractivity contribution < 1.29 is 27.4 Å². The lowest BCUT2D eigenvalue weighted by Crippen LogP contribution is -2.40. The molecule has 224 valence electrons. The largest absolute Gasteiger partial charge is 0.478 e. The second kappa shape index (κ2) is 11.0. The Morgan fingerprint density at radius 3 is 2.79 bits per heavy atom. The molecule has 4 bridgehead atoms. The van der Waals surface area contributed by atoms with Gasteiger partial charge in [-0.3, -0.25) is 9.52 Å². The number of nitrogens with zero attached hydrogens (tertiary/aromatic N) is 5. The third kappa shape index (κ3) is 5.88. The maximum atomic E-state index is 13.5. The van der Waals surface area contributed by atoms with Crippen molar-refractivity contribution >= 4 is 23.7 Å². The molecule has 42 heavy (non-hydrogen) atoms. The lowest BCUT2D eigenvalue weighted by Gasteiger charge is -2.34. The first-order valence-corrected chi connectivity index (χ1v) is 15.0. The predicted octanol–water partition coefficient (Wildman–Crippen LogP) is 5.99. The summed E-state index contributed by atoms with van der Waals surface area (Å²) in [5.74, 6) is 1.85. The molecule has 0 spiro atoms. The van der Waals surface area contributed by atoms with Crippen molar-refractivity contribution in [3.63, 3.8) is 0 Å². The van der Waals surface area contributed by atoms with Gasteiger partial charge in [0.1, 0.15) is 10.8 Å². The lowest BCUT2D eigenvalue weighted by molar-refractivity contribution is -0.190. The fourth-order valence-corrected chi connectivity index (χ4v) is 6.42. The smallest absolute Gasteiger partial charge is 0.394 e. The molecule has 1 saturated carbocycles. The number of hydrogen-bond acceptors (Lipinski definition) is 8. The molecule has 0 aromatic carbocycles. The number of hydrogen-bond donors (Lipinski definition) is 1. The highest BCUT2D eigenvalue weighted by molar-refractivity contribution is 7.97. The monoisotopic (exact) mass is 602 g/mol. The number of anilines is 1. The average molecular weight is 603 g/mol. The number of halogens is 3. The first-order valence-electron chi connectivity index (χ1n) is 14.1. The van der Waals surface area contributed by atoms with Crippen LogP contribution in [0.1, 0.15) is 62.7 Å². The van der Waals surface area contributed by atoms with Crippen LogP contribution in [0.25, 0.3) is 5.82 Å². The molecule has 3 aromatic rings. The van der Waals surface area contributed by atoms with Crippen LogP contribution < -0.4 is 19.1 Å². The maximum absolute atomic E-state index is 13.5. The fourth-order valence-electron chi connectivity index (χ4n) is 5.83. The Morgan fingerprint density at radius 1 is 1.17 bits per heavy atom. The van der Waals surface area contributed by atoms with Crippen molar-refractivity contribution in [3.05, 3.63) is 48.2 Å². The molecule has 3 aromatic heterocycles. The summed E-state index contributed by atoms with van der Waals surface area (Å²) in [6, 6.07) is 10.5. The molecular formula is C29H33F3N6O3S. The summed E-state index contributed by atoms with van der Waals surface area (Å²) in [5.41, 5.74) is -1.45. The van der Waals surface area contributed by atoms with Crippen LogP contribution in [-0.4, -0.2) is 57.1 Å². The van der Waals surface area contributed by atoms with E-state index in [2.05, 4.69) is 33.6 Å². The van der Waals surface area contributed by atoms with E-state index < -0.39 is 11.6 Å². The molecule has 9 nitrogen and oxygen atoms in total. The number of nitrogens with one attached hydrogen (secondary N) is 1. The first kappa shape index (κ1) is 28.6. The highest BCUT2D eigenvalue weighted by Crippen LogP contribution is 2.59. The van der Waals surface area contributed by atoms with Gasteiger partial charge in [-0.1, -0.05) is 6.07 Å². The molecule has 5 heterocycles. The number of fused-ring (bicyclic) bond motifs is 6. The first-order chi connectivity index (χ1) is 20.0. The molecule has 3 aliphatic rings. The van der Waals surface area contributed by atoms with Gasteiger partial charge >= 0.3 is 6.18 Å². The third-order valence-electron chi connectivity index (χ3n) is 8.36. The number of amides is 1. The van der Waals surface area contributed by atoms with E-state index >= 15 is 0 Å². The third-order valence-corrected chi connectivity index (χ3v) is 9.08. The topological polar surface area (TPSA) is 94.4 Å². The quantitative estimate of drug-likeness (QED) is 0.356. The van der Waals surface area contributed by atoms with Gasteiger partial charge in [-0.05, 0) is 76.5 Å². The van der Waals surface area contributed by atoms with Crippen LogP contribution in [0, 0.1) is 11.3 Å². The number of carbonyl (C=O) groups is 1. The van der Waals surface area contributed by atoms with Gasteiger partial charge in [-0.25, -0.2) is 14.6 Å². The van der Waals surface area contributed by atoms with Crippen molar-refractivity contribution in [2.45, 2.75) is 69.1 Å². The lowest BCUT2D eigenvalue weighted by atomic mass is 9.93. The zero-order valence-electron chi connectivity index (χ0n) is 23.5. The molecule has 1 aliphatic carbocycles. The molecule has 6 rings (SSSR count). The van der Waals surface area contributed by atoms with E-state index in [-0.39, 0.29) is 43.2 Å². The average Bonchev–Trinajstić information content (AvgIpc) is 3.50. The Bertz CT molecular complexity index is 1460. The zero-order valence-corrected chi connectivity index (χ0v) is 24.3. The summed E-state index contributed by atoms with van der Waals surface area (Å²) in [4.78, 5) is 25.0. The van der Waals surface area contributed by atoms with Gasteiger partial charge in [-0.2, -0.15) is 13.2 Å². The summed E-state index contributed by atoms with van der Waals surface area (Å²) in [5, 5.41) is 5.01. The Morgan fingerprint density at radius 2 is 2.00 bits per heavy atom. The van der Waals surface area contributed by atoms with Gasteiger partial charge in [-0.15, -0.1) is 5.10 Å². The minimum atomic E-state index is -4.21. The molecule has 1 amide bonds. The van der Waals surface area contributed by atoms with Crippen LogP contribution in [-0.2, 0) is 0 Å². The number of pyridine rings is 2. The second-order valence-electron chi connectivity index (χ2n) is 11.8. The highest BCUT2D eigenvalue weighted by atomic mass is 32.2. The summed E-state index contributed by atoms with van der Waals surface area (Å²) in [6.45, 7) is 5.53. The Kier molecular flexibility index (Phi) is 7.48. The van der Waals surface area contributed by atoms with Crippen LogP contribution >= 0.6 is 11.9 Å². The molecule has 0 radical (unpaired) electrons. The van der Waals surface area contributed by atoms with Crippen molar-refractivity contribution in [1.29, 1.82) is 0 Å². The van der Waals surface area contributed by atoms with Crippen molar-refractivity contribution in [3.8, 4) is 17.6 Å². The molecule has 13 heteroatoms. The Balaban J connectivity index is 1.25. The van der Waals surface area contributed by atoms with Crippen LogP contribution in [0.3, 0.4) is 0 Å². The molecule has 1 N–H and O–H groups in total. The van der Waals surface area contributed by atoms with E-state index in [4.69, 9.17) is 14.5 Å². The Hall–Kier alpha value is -3.48. The Labute approximate surface area is 246 Å². The van der Waals surface area contributed by atoms with E-state index in [9.17, 15) is 18.0 Å². The zero-order chi connectivity index (χ0) is 29.5. The number of aromatic nitrogens is 4. The minimum absolute atomic E-state index is 0.0713. The fraction of sp³-hybridized carbons (Fsp3) is 0.517. The SMILES string of the molecule is CC1(C)CC2CCCOc3cccc(n3)SNC(=O)c3ccc(-n4ccc(OCCC5(C(F)(F)F)CC5)n4)nc3N1C2. The maximum Gasteiger partial charge on any atom is 0.394 e. The number of ether oxygens (including phenoxy) is 2. The van der Waals surface area contributed by atoms with Gasteiger partial charge in [0.05, 0.1) is 24.2 Å². The molecule has 1 unspecified atom stereocenters. The number of alkyl halides is 3. The van der Waals surface area contributed by atoms with E-state index in [0.29, 0.717) is 40.6 Å². The normalized spacial score (nSPS) is 21.4. The van der Waals surface area contributed by atoms with E-state index in [1.165, 1.54) is 4.68 Å². The van der Waals surface area contributed by atoms with Gasteiger partial charge in [0.2, 0.25) is 11.8 Å². The molecule has 1 atom stereocenters. The van der Waals surface area contributed by atoms with Crippen LogP contribution in [0.5, 0.6) is 11.8 Å². The standard InChI is InChI=1S/C29H33F3N6O3S/c1-27(2)17-19-5-4-15-40-22-6-3-7-24(34-22)42-36-26(39)20-8-9-21(33-25(20)37(27)18-19)38-14-10-23(35-38)41-16-13-28(11-12-28)29(30,31)32/h3,6-10,14,19H,4-5,11-13,15-18H2,1-2H3,(H,36,39). The summed E-state index contributed by atoms with van der Waals surface area (Å²) < 4.78 is 55.6. The minimum Gasteiger partial charge on any atom is -0.478 e. The van der Waals surface area contributed by atoms with E-state index in [1.54, 1.807) is 30.5 Å². The van der Waals surface area contributed by atoms with E-state index in [1.807, 2.05) is 12.1 Å². The summed E-state index contributed by atoms with van der Waals surface area (Å²) in [7, 11) is 0. The van der Waals surface area contributed by atoms with Gasteiger partial charge in [0.25, 0.3) is 5.91 Å². The summed E-state index contributed by atoms with van der Waals surface area (Å²) >= 11 is 1.11.